The van der Waals surface area contributed by atoms with Gasteiger partial charge in [-0.25, -0.2) is 0 Å². The summed E-state index contributed by atoms with van der Waals surface area (Å²) in [6.45, 7) is 10.5. The van der Waals surface area contributed by atoms with E-state index in [9.17, 15) is 0 Å². The Morgan fingerprint density at radius 2 is 0.750 bits per heavy atom. The van der Waals surface area contributed by atoms with Crippen LogP contribution in [0.2, 0.25) is 0 Å². The molecule has 0 heterocycles. The van der Waals surface area contributed by atoms with E-state index in [1.165, 1.54) is 0 Å². The van der Waals surface area contributed by atoms with Crippen molar-refractivity contribution in [3.8, 4) is 0 Å². The quantitative estimate of drug-likeness (QED) is 0.642. The van der Waals surface area contributed by atoms with Gasteiger partial charge in [-0.2, -0.15) is 0 Å². The minimum atomic E-state index is -0.500. The van der Waals surface area contributed by atoms with Crippen LogP contribution >= 0.6 is 0 Å². The molecule has 0 aromatic carbocycles. The van der Waals surface area contributed by atoms with Gasteiger partial charge in [-0.15, -0.1) is 0 Å². The molecule has 0 aliphatic rings. The second-order valence-corrected chi connectivity index (χ2v) is 4.34. The van der Waals surface area contributed by atoms with E-state index in [1.54, 1.807) is 41.5 Å². The van der Waals surface area contributed by atoms with Gasteiger partial charge in [-0.1, -0.05) is 0 Å². The van der Waals surface area contributed by atoms with Crippen LogP contribution in [-0.4, -0.2) is 21.4 Å². The zero-order chi connectivity index (χ0) is 11.0. The van der Waals surface area contributed by atoms with E-state index < -0.39 is 11.2 Å². The molecule has 0 unspecified atom stereocenters. The average Bonchev–Trinajstić information content (AvgIpc) is 1.59. The Hall–Kier alpha value is 0.304. The van der Waals surface area contributed by atoms with Gasteiger partial charge >= 0.3 is 21.0 Å². The summed E-state index contributed by atoms with van der Waals surface area (Å²) in [5.41, 5.74) is -1.00. The maximum atomic E-state index is 8.52. The summed E-state index contributed by atoms with van der Waals surface area (Å²) in [6, 6.07) is 0. The van der Waals surface area contributed by atoms with E-state index in [-0.39, 0.29) is 0 Å². The van der Waals surface area contributed by atoms with Crippen molar-refractivity contribution in [2.45, 2.75) is 52.7 Å². The van der Waals surface area contributed by atoms with Crippen molar-refractivity contribution >= 4 is 0 Å². The topological polar surface area (TPSA) is 57.5 Å². The van der Waals surface area contributed by atoms with Gasteiger partial charge in [0.2, 0.25) is 0 Å². The van der Waals surface area contributed by atoms with Gasteiger partial charge in [0.1, 0.15) is 0 Å². The van der Waals surface area contributed by atoms with Crippen molar-refractivity contribution < 1.29 is 31.3 Å². The predicted molar refractivity (Wildman–Crippen MR) is 44.6 cm³/mol. The van der Waals surface area contributed by atoms with Gasteiger partial charge in [0.15, 0.2) is 0 Å². The molecular weight excluding hydrogens is 195 g/mol. The van der Waals surface area contributed by atoms with Crippen LogP contribution in [0, 0.1) is 0 Å². The molecule has 4 heteroatoms. The molecule has 0 fully saturated rings. The summed E-state index contributed by atoms with van der Waals surface area (Å²) in [4.78, 5) is 0. The van der Waals surface area contributed by atoms with E-state index in [4.69, 9.17) is 13.9 Å². The Labute approximate surface area is 84.4 Å². The fourth-order valence-corrected chi connectivity index (χ4v) is 0. The molecule has 2 N–H and O–H groups in total. The molecule has 0 saturated carbocycles. The molecule has 0 aliphatic heterocycles. The van der Waals surface area contributed by atoms with Gasteiger partial charge in [-0.3, -0.25) is 0 Å². The summed E-state index contributed by atoms with van der Waals surface area (Å²) in [6.07, 6.45) is 0. The van der Waals surface area contributed by atoms with Gasteiger partial charge in [0, 0.05) is 0 Å². The first kappa shape index (κ1) is 18.2. The third-order valence-corrected chi connectivity index (χ3v) is 0. The van der Waals surface area contributed by atoms with Crippen LogP contribution in [0.1, 0.15) is 41.5 Å². The zero-order valence-corrected chi connectivity index (χ0v) is 10.1. The Morgan fingerprint density at radius 3 is 0.750 bits per heavy atom. The van der Waals surface area contributed by atoms with Crippen molar-refractivity contribution in [2.75, 3.05) is 0 Å². The Bertz CT molecular complexity index is 67.5. The number of aliphatic hydroxyl groups is 2. The molecule has 3 nitrogen and oxygen atoms in total. The van der Waals surface area contributed by atoms with Crippen LogP contribution in [0.15, 0.2) is 0 Å². The maximum absolute atomic E-state index is 8.52. The standard InChI is InChI=1S/2C4H10O.O.V/c2*1-4(2,3)5;;/h2*5H,1-3H3;;. The third-order valence-electron chi connectivity index (χ3n) is 0. The Morgan fingerprint density at radius 1 is 0.750 bits per heavy atom. The van der Waals surface area contributed by atoms with E-state index in [0.29, 0.717) is 0 Å². The molecule has 0 aliphatic carbocycles. The van der Waals surface area contributed by atoms with Gasteiger partial charge in [0.05, 0.1) is 11.2 Å². The van der Waals surface area contributed by atoms with Crippen molar-refractivity contribution in [1.29, 1.82) is 0 Å². The first-order valence-electron chi connectivity index (χ1n) is 3.63. The average molecular weight is 215 g/mol. The van der Waals surface area contributed by atoms with Crippen molar-refractivity contribution in [3.05, 3.63) is 0 Å². The van der Waals surface area contributed by atoms with Gasteiger partial charge in [0.25, 0.3) is 0 Å². The van der Waals surface area contributed by atoms with Gasteiger partial charge in [-0.05, 0) is 41.5 Å². The molecule has 0 aromatic heterocycles. The van der Waals surface area contributed by atoms with Crippen LogP contribution in [-0.2, 0) is 21.0 Å². The van der Waals surface area contributed by atoms with Crippen molar-refractivity contribution in [1.82, 2.24) is 0 Å². The minimum absolute atomic E-state index is 0.500. The van der Waals surface area contributed by atoms with E-state index in [2.05, 4.69) is 0 Å². The van der Waals surface area contributed by atoms with E-state index in [0.717, 1.165) is 17.4 Å². The fourth-order valence-electron chi connectivity index (χ4n) is 0. The first-order valence-corrected chi connectivity index (χ1v) is 4.20. The summed E-state index contributed by atoms with van der Waals surface area (Å²) >= 11 is 1.06. The van der Waals surface area contributed by atoms with Crippen LogP contribution in [0.25, 0.3) is 0 Å². The molecule has 0 aromatic rings. The van der Waals surface area contributed by atoms with Crippen LogP contribution < -0.4 is 0 Å². The molecule has 0 bridgehead atoms. The third kappa shape index (κ3) is 9630. The fraction of sp³-hybridized carbons (Fsp3) is 1.00. The van der Waals surface area contributed by atoms with E-state index in [1.807, 2.05) is 0 Å². The van der Waals surface area contributed by atoms with E-state index >= 15 is 0 Å². The van der Waals surface area contributed by atoms with Crippen LogP contribution in [0.5, 0.6) is 0 Å². The number of rotatable bonds is 0. The Kier molecular flexibility index (Phi) is 12.0. The normalized spacial score (nSPS) is 10.2. The first-order chi connectivity index (χ1) is 5.00. The SMILES string of the molecule is CC(C)(C)O.CC(C)(C)O.[O]=[V]. The number of hydrogen-bond donors (Lipinski definition) is 2. The van der Waals surface area contributed by atoms with Crippen LogP contribution in [0.3, 0.4) is 0 Å². The molecule has 0 rings (SSSR count). The molecule has 0 atom stereocenters. The van der Waals surface area contributed by atoms with Gasteiger partial charge < -0.3 is 10.2 Å². The molecule has 0 radical (unpaired) electrons. The zero-order valence-electron chi connectivity index (χ0n) is 8.75. The van der Waals surface area contributed by atoms with Crippen LogP contribution in [0.4, 0.5) is 0 Å². The monoisotopic (exact) mass is 215 g/mol. The summed E-state index contributed by atoms with van der Waals surface area (Å²) in [5, 5.41) is 17.0. The predicted octanol–water partition coefficient (Wildman–Crippen LogP) is 1.43. The molecule has 0 spiro atoms. The molecule has 75 valence electrons. The van der Waals surface area contributed by atoms with Crippen molar-refractivity contribution in [2.24, 2.45) is 0 Å². The molecule has 0 saturated heterocycles. The molecule has 0 amide bonds. The second-order valence-electron chi connectivity index (χ2n) is 4.34. The Balaban J connectivity index is -0.000000112. The summed E-state index contributed by atoms with van der Waals surface area (Å²) in [5.74, 6) is 0. The summed E-state index contributed by atoms with van der Waals surface area (Å²) in [7, 11) is 0. The molecular formula is C8H20O3V. The number of hydrogen-bond acceptors (Lipinski definition) is 3. The summed E-state index contributed by atoms with van der Waals surface area (Å²) < 4.78 is 8.19. The molecule has 12 heavy (non-hydrogen) atoms. The second kappa shape index (κ2) is 7.93. The van der Waals surface area contributed by atoms with Crippen molar-refractivity contribution in [3.63, 3.8) is 0 Å².